The molecule has 29 heavy (non-hydrogen) atoms. The van der Waals surface area contributed by atoms with E-state index in [1.807, 2.05) is 0 Å². The lowest BCUT2D eigenvalue weighted by Crippen LogP contribution is -2.19. The zero-order chi connectivity index (χ0) is 21.3. The molecule has 3 rings (SSSR count). The van der Waals surface area contributed by atoms with Crippen molar-refractivity contribution < 1.29 is 12.8 Å². The maximum Gasteiger partial charge on any atom is 0.260 e. The Bertz CT molecular complexity index is 1240. The van der Waals surface area contributed by atoms with Gasteiger partial charge in [-0.3, -0.25) is 9.52 Å². The fourth-order valence-electron chi connectivity index (χ4n) is 2.95. The average molecular weight is 439 g/mol. The summed E-state index contributed by atoms with van der Waals surface area (Å²) < 4.78 is 42.5. The Kier molecular flexibility index (Phi) is 5.81. The molecule has 0 fully saturated rings. The van der Waals surface area contributed by atoms with E-state index in [9.17, 15) is 17.6 Å². The van der Waals surface area contributed by atoms with E-state index >= 15 is 0 Å². The highest BCUT2D eigenvalue weighted by molar-refractivity contribution is 7.92. The van der Waals surface area contributed by atoms with Crippen molar-refractivity contribution in [1.29, 1.82) is 0 Å². The Balaban J connectivity index is 2.08. The number of hydrogen-bond donors (Lipinski definition) is 1. The quantitative estimate of drug-likeness (QED) is 0.635. The standard InChI is InChI=1S/C19H20ClFN4O3S/c1-4-9-29(27,28)23-16-8-6-14(21)18(17(16)20)25(3)12-5-7-15-13(10-12)19(26)24(2)11-22-15/h5-8,10-11,23H,4,9H2,1-3H3. The van der Waals surface area contributed by atoms with E-state index < -0.39 is 15.8 Å². The molecule has 0 saturated heterocycles. The van der Waals surface area contributed by atoms with Crippen LogP contribution in [-0.4, -0.2) is 30.8 Å². The second-order valence-corrected chi connectivity index (χ2v) is 8.82. The van der Waals surface area contributed by atoms with Gasteiger partial charge in [0.15, 0.2) is 0 Å². The predicted octanol–water partition coefficient (Wildman–Crippen LogP) is 3.65. The highest BCUT2D eigenvalue weighted by atomic mass is 35.5. The summed E-state index contributed by atoms with van der Waals surface area (Å²) in [5.41, 5.74) is 0.845. The van der Waals surface area contributed by atoms with Crippen molar-refractivity contribution in [3.63, 3.8) is 0 Å². The van der Waals surface area contributed by atoms with Crippen molar-refractivity contribution in [3.8, 4) is 0 Å². The lowest BCUT2D eigenvalue weighted by molar-refractivity contribution is 0.599. The summed E-state index contributed by atoms with van der Waals surface area (Å²) in [7, 11) is -0.423. The number of nitrogens with one attached hydrogen (secondary N) is 1. The van der Waals surface area contributed by atoms with Crippen LogP contribution in [0.15, 0.2) is 41.5 Å². The number of fused-ring (bicyclic) bond motifs is 1. The van der Waals surface area contributed by atoms with Crippen LogP contribution in [-0.2, 0) is 17.1 Å². The molecule has 3 aromatic rings. The number of nitrogens with zero attached hydrogens (tertiary/aromatic N) is 3. The number of aromatic nitrogens is 2. The number of sulfonamides is 1. The van der Waals surface area contributed by atoms with Gasteiger partial charge in [-0.1, -0.05) is 18.5 Å². The van der Waals surface area contributed by atoms with Crippen LogP contribution in [0.25, 0.3) is 10.9 Å². The van der Waals surface area contributed by atoms with Crippen LogP contribution >= 0.6 is 11.6 Å². The molecular weight excluding hydrogens is 419 g/mol. The number of hydrogen-bond acceptors (Lipinski definition) is 5. The summed E-state index contributed by atoms with van der Waals surface area (Å²) in [6.45, 7) is 1.74. The fourth-order valence-corrected chi connectivity index (χ4v) is 4.48. The highest BCUT2D eigenvalue weighted by Gasteiger charge is 2.20. The Morgan fingerprint density at radius 3 is 2.69 bits per heavy atom. The van der Waals surface area contributed by atoms with Crippen molar-refractivity contribution in [2.24, 2.45) is 7.05 Å². The molecule has 7 nitrogen and oxygen atoms in total. The van der Waals surface area contributed by atoms with Gasteiger partial charge in [-0.25, -0.2) is 17.8 Å². The largest absolute Gasteiger partial charge is 0.341 e. The molecule has 0 amide bonds. The molecular formula is C19H20ClFN4O3S. The van der Waals surface area contributed by atoms with E-state index in [2.05, 4.69) is 9.71 Å². The molecule has 0 aliphatic heterocycles. The van der Waals surface area contributed by atoms with Gasteiger partial charge in [0.05, 0.1) is 39.4 Å². The normalized spacial score (nSPS) is 11.6. The van der Waals surface area contributed by atoms with E-state index in [1.165, 1.54) is 21.9 Å². The Hall–Kier alpha value is -2.65. The number of rotatable bonds is 6. The van der Waals surface area contributed by atoms with Gasteiger partial charge in [-0.15, -0.1) is 0 Å². The minimum absolute atomic E-state index is 0.0107. The highest BCUT2D eigenvalue weighted by Crippen LogP contribution is 2.38. The van der Waals surface area contributed by atoms with E-state index in [4.69, 9.17) is 11.6 Å². The second-order valence-electron chi connectivity index (χ2n) is 6.60. The van der Waals surface area contributed by atoms with E-state index in [-0.39, 0.29) is 27.7 Å². The number of halogens is 2. The summed E-state index contributed by atoms with van der Waals surface area (Å²) in [6, 6.07) is 7.35. The van der Waals surface area contributed by atoms with Gasteiger partial charge >= 0.3 is 0 Å². The third-order valence-corrected chi connectivity index (χ3v) is 6.29. The molecule has 1 aromatic heterocycles. The molecule has 0 radical (unpaired) electrons. The third-order valence-electron chi connectivity index (χ3n) is 4.43. The smallest absolute Gasteiger partial charge is 0.260 e. The zero-order valence-electron chi connectivity index (χ0n) is 16.1. The van der Waals surface area contributed by atoms with Gasteiger partial charge in [0, 0.05) is 19.8 Å². The van der Waals surface area contributed by atoms with Crippen LogP contribution in [0.1, 0.15) is 13.3 Å². The summed E-state index contributed by atoms with van der Waals surface area (Å²) in [6.07, 6.45) is 1.86. The zero-order valence-corrected chi connectivity index (χ0v) is 17.7. The van der Waals surface area contributed by atoms with Crippen LogP contribution in [0.4, 0.5) is 21.5 Å². The number of aryl methyl sites for hydroxylation is 1. The van der Waals surface area contributed by atoms with Crippen molar-refractivity contribution in [3.05, 3.63) is 57.9 Å². The van der Waals surface area contributed by atoms with Gasteiger partial charge < -0.3 is 9.47 Å². The van der Waals surface area contributed by atoms with Gasteiger partial charge in [0.2, 0.25) is 10.0 Å². The van der Waals surface area contributed by atoms with Crippen molar-refractivity contribution in [1.82, 2.24) is 9.55 Å². The molecule has 1 N–H and O–H groups in total. The maximum absolute atomic E-state index is 14.6. The van der Waals surface area contributed by atoms with Gasteiger partial charge in [-0.05, 0) is 36.8 Å². The number of anilines is 3. The van der Waals surface area contributed by atoms with Crippen molar-refractivity contribution in [2.45, 2.75) is 13.3 Å². The minimum Gasteiger partial charge on any atom is -0.341 e. The summed E-state index contributed by atoms with van der Waals surface area (Å²) in [5.74, 6) is -0.706. The SMILES string of the molecule is CCCS(=O)(=O)Nc1ccc(F)c(N(C)c2ccc3ncn(C)c(=O)c3c2)c1Cl. The Morgan fingerprint density at radius 2 is 2.00 bits per heavy atom. The van der Waals surface area contributed by atoms with Gasteiger partial charge in [0.25, 0.3) is 5.56 Å². The monoisotopic (exact) mass is 438 g/mol. The average Bonchev–Trinajstić information content (AvgIpc) is 2.67. The van der Waals surface area contributed by atoms with Crippen molar-refractivity contribution in [2.75, 3.05) is 22.4 Å². The van der Waals surface area contributed by atoms with Crippen LogP contribution in [0.2, 0.25) is 5.02 Å². The van der Waals surface area contributed by atoms with Gasteiger partial charge in [-0.2, -0.15) is 0 Å². The molecule has 154 valence electrons. The topological polar surface area (TPSA) is 84.3 Å². The summed E-state index contributed by atoms with van der Waals surface area (Å²) in [5, 5.41) is 0.294. The lowest BCUT2D eigenvalue weighted by atomic mass is 10.2. The minimum atomic E-state index is -3.59. The Morgan fingerprint density at radius 1 is 1.28 bits per heavy atom. The molecule has 0 spiro atoms. The summed E-state index contributed by atoms with van der Waals surface area (Å²) >= 11 is 6.35. The first-order chi connectivity index (χ1) is 13.6. The van der Waals surface area contributed by atoms with E-state index in [1.54, 1.807) is 39.2 Å². The Labute approximate surface area is 172 Å². The predicted molar refractivity (Wildman–Crippen MR) is 114 cm³/mol. The maximum atomic E-state index is 14.6. The first-order valence-electron chi connectivity index (χ1n) is 8.82. The lowest BCUT2D eigenvalue weighted by Gasteiger charge is -2.23. The molecule has 0 unspecified atom stereocenters. The molecule has 0 atom stereocenters. The first kappa shape index (κ1) is 21.1. The number of benzene rings is 2. The van der Waals surface area contributed by atoms with Crippen molar-refractivity contribution >= 4 is 49.6 Å². The molecule has 10 heteroatoms. The van der Waals surface area contributed by atoms with Gasteiger partial charge in [0.1, 0.15) is 5.82 Å². The first-order valence-corrected chi connectivity index (χ1v) is 10.8. The molecule has 0 aliphatic carbocycles. The van der Waals surface area contributed by atoms with Crippen LogP contribution in [0.5, 0.6) is 0 Å². The molecule has 0 aliphatic rings. The molecule has 0 bridgehead atoms. The van der Waals surface area contributed by atoms with E-state index in [0.717, 1.165) is 6.07 Å². The molecule has 2 aromatic carbocycles. The van der Waals surface area contributed by atoms with Crippen LogP contribution in [0, 0.1) is 5.82 Å². The second kappa shape index (κ2) is 8.00. The van der Waals surface area contributed by atoms with Crippen LogP contribution < -0.4 is 15.2 Å². The molecule has 1 heterocycles. The molecule has 0 saturated carbocycles. The van der Waals surface area contributed by atoms with Crippen LogP contribution in [0.3, 0.4) is 0 Å². The van der Waals surface area contributed by atoms with E-state index in [0.29, 0.717) is 23.0 Å². The summed E-state index contributed by atoms with van der Waals surface area (Å²) in [4.78, 5) is 18.0. The third kappa shape index (κ3) is 4.20. The fraction of sp³-hybridized carbons (Fsp3) is 0.263.